The average Bonchev–Trinajstić information content (AvgIpc) is 3.27. The summed E-state index contributed by atoms with van der Waals surface area (Å²) < 4.78 is 24.2. The van der Waals surface area contributed by atoms with Crippen molar-refractivity contribution in [2.24, 2.45) is 11.8 Å². The second-order valence-corrected chi connectivity index (χ2v) is 10.2. The molecule has 3 heterocycles. The Labute approximate surface area is 195 Å². The van der Waals surface area contributed by atoms with Crippen molar-refractivity contribution in [1.82, 2.24) is 15.4 Å². The molecule has 2 aliphatic heterocycles. The van der Waals surface area contributed by atoms with Crippen molar-refractivity contribution in [2.45, 2.75) is 69.7 Å². The second kappa shape index (κ2) is 10.5. The number of benzene rings is 1. The standard InChI is InChI=1S/C26H36FN3O3/c27-21-3-6-23-24(17-21)33-29-25(23)19-8-13-30(14-9-19)12-7-18-1-4-22(5-2-18)28-26(31)20-10-15-32-16-11-20/h3,6,17-20,22H,1-2,4-5,7-16H2,(H,28,31). The first kappa shape index (κ1) is 22.8. The molecule has 2 saturated heterocycles. The zero-order valence-corrected chi connectivity index (χ0v) is 19.4. The quantitative estimate of drug-likeness (QED) is 0.685. The van der Waals surface area contributed by atoms with Gasteiger partial charge in [-0.2, -0.15) is 0 Å². The number of nitrogens with zero attached hydrogens (tertiary/aromatic N) is 2. The topological polar surface area (TPSA) is 67.6 Å². The van der Waals surface area contributed by atoms with E-state index in [9.17, 15) is 9.18 Å². The second-order valence-electron chi connectivity index (χ2n) is 10.2. The monoisotopic (exact) mass is 457 g/mol. The first-order valence-electron chi connectivity index (χ1n) is 12.8. The van der Waals surface area contributed by atoms with Gasteiger partial charge >= 0.3 is 0 Å². The van der Waals surface area contributed by atoms with Crippen molar-refractivity contribution in [3.05, 3.63) is 29.7 Å². The molecule has 0 radical (unpaired) electrons. The molecule has 1 amide bonds. The lowest BCUT2D eigenvalue weighted by atomic mass is 9.83. The Morgan fingerprint density at radius 2 is 1.82 bits per heavy atom. The van der Waals surface area contributed by atoms with Crippen LogP contribution in [0.25, 0.3) is 11.0 Å². The van der Waals surface area contributed by atoms with Crippen molar-refractivity contribution in [1.29, 1.82) is 0 Å². The molecule has 1 saturated carbocycles. The maximum atomic E-state index is 13.4. The summed E-state index contributed by atoms with van der Waals surface area (Å²) in [5, 5.41) is 8.53. The Morgan fingerprint density at radius 3 is 2.58 bits per heavy atom. The largest absolute Gasteiger partial charge is 0.381 e. The van der Waals surface area contributed by atoms with Crippen LogP contribution in [0.4, 0.5) is 4.39 Å². The number of piperidine rings is 1. The van der Waals surface area contributed by atoms with Crippen LogP contribution in [-0.2, 0) is 9.53 Å². The number of ether oxygens (including phenoxy) is 1. The normalized spacial score (nSPS) is 26.0. The molecule has 3 aliphatic rings. The lowest BCUT2D eigenvalue weighted by Crippen LogP contribution is -2.42. The van der Waals surface area contributed by atoms with Crippen LogP contribution in [0, 0.1) is 17.7 Å². The Kier molecular flexibility index (Phi) is 7.26. The Hall–Kier alpha value is -1.99. The molecule has 2 aromatic rings. The molecule has 3 fully saturated rings. The van der Waals surface area contributed by atoms with E-state index >= 15 is 0 Å². The van der Waals surface area contributed by atoms with Crippen LogP contribution >= 0.6 is 0 Å². The molecule has 6 nitrogen and oxygen atoms in total. The van der Waals surface area contributed by atoms with Gasteiger partial charge in [-0.1, -0.05) is 5.16 Å². The minimum Gasteiger partial charge on any atom is -0.381 e. The van der Waals surface area contributed by atoms with E-state index in [0.717, 1.165) is 88.4 Å². The van der Waals surface area contributed by atoms with Crippen molar-refractivity contribution in [3.63, 3.8) is 0 Å². The van der Waals surface area contributed by atoms with E-state index in [2.05, 4.69) is 15.4 Å². The minimum atomic E-state index is -0.282. The summed E-state index contributed by atoms with van der Waals surface area (Å²) in [5.41, 5.74) is 1.54. The Balaban J connectivity index is 1.01. The van der Waals surface area contributed by atoms with Gasteiger partial charge in [0.25, 0.3) is 0 Å². The fraction of sp³-hybridized carbons (Fsp3) is 0.692. The molecule has 5 rings (SSSR count). The number of rotatable bonds is 6. The molecular weight excluding hydrogens is 421 g/mol. The molecule has 0 atom stereocenters. The molecule has 0 unspecified atom stereocenters. The number of likely N-dealkylation sites (tertiary alicyclic amines) is 1. The molecule has 1 N–H and O–H groups in total. The number of hydrogen-bond acceptors (Lipinski definition) is 5. The number of nitrogens with one attached hydrogen (secondary N) is 1. The van der Waals surface area contributed by atoms with Gasteiger partial charge in [-0.15, -0.1) is 0 Å². The van der Waals surface area contributed by atoms with Gasteiger partial charge in [0.2, 0.25) is 5.91 Å². The van der Waals surface area contributed by atoms with Gasteiger partial charge in [-0.05, 0) is 95.5 Å². The minimum absolute atomic E-state index is 0.149. The fourth-order valence-electron chi connectivity index (χ4n) is 5.89. The zero-order valence-electron chi connectivity index (χ0n) is 19.4. The number of hydrogen-bond donors (Lipinski definition) is 1. The van der Waals surface area contributed by atoms with E-state index in [4.69, 9.17) is 9.26 Å². The van der Waals surface area contributed by atoms with E-state index in [1.165, 1.54) is 31.4 Å². The number of halogens is 1. The molecule has 1 aromatic carbocycles. The first-order valence-corrected chi connectivity index (χ1v) is 12.8. The average molecular weight is 458 g/mol. The summed E-state index contributed by atoms with van der Waals surface area (Å²) in [4.78, 5) is 15.1. The third kappa shape index (κ3) is 5.57. The lowest BCUT2D eigenvalue weighted by Gasteiger charge is -2.34. The summed E-state index contributed by atoms with van der Waals surface area (Å²) in [6, 6.07) is 5.07. The lowest BCUT2D eigenvalue weighted by molar-refractivity contribution is -0.128. The van der Waals surface area contributed by atoms with E-state index < -0.39 is 0 Å². The summed E-state index contributed by atoms with van der Waals surface area (Å²) in [7, 11) is 0. The highest BCUT2D eigenvalue weighted by Gasteiger charge is 2.28. The highest BCUT2D eigenvalue weighted by atomic mass is 19.1. The van der Waals surface area contributed by atoms with Crippen LogP contribution in [0.1, 0.15) is 69.4 Å². The van der Waals surface area contributed by atoms with Gasteiger partial charge in [0.05, 0.1) is 5.69 Å². The van der Waals surface area contributed by atoms with Gasteiger partial charge in [0, 0.05) is 42.5 Å². The molecule has 7 heteroatoms. The van der Waals surface area contributed by atoms with Gasteiger partial charge in [0.15, 0.2) is 5.58 Å². The smallest absolute Gasteiger partial charge is 0.223 e. The molecule has 180 valence electrons. The fourth-order valence-corrected chi connectivity index (χ4v) is 5.89. The molecule has 1 aliphatic carbocycles. The van der Waals surface area contributed by atoms with Crippen LogP contribution in [0.3, 0.4) is 0 Å². The highest BCUT2D eigenvalue weighted by Crippen LogP contribution is 2.33. The van der Waals surface area contributed by atoms with Crippen molar-refractivity contribution < 1.29 is 18.4 Å². The summed E-state index contributed by atoms with van der Waals surface area (Å²) in [6.07, 6.45) is 9.79. The van der Waals surface area contributed by atoms with Crippen LogP contribution in [0.15, 0.2) is 22.7 Å². The highest BCUT2D eigenvalue weighted by molar-refractivity contribution is 5.80. The summed E-state index contributed by atoms with van der Waals surface area (Å²) in [5.74, 6) is 1.28. The maximum absolute atomic E-state index is 13.4. The van der Waals surface area contributed by atoms with Gasteiger partial charge < -0.3 is 19.5 Å². The summed E-state index contributed by atoms with van der Waals surface area (Å²) >= 11 is 0. The van der Waals surface area contributed by atoms with Crippen LogP contribution in [0.5, 0.6) is 0 Å². The predicted octanol–water partition coefficient (Wildman–Crippen LogP) is 4.64. The number of fused-ring (bicyclic) bond motifs is 1. The van der Waals surface area contributed by atoms with E-state index in [-0.39, 0.29) is 17.6 Å². The zero-order chi connectivity index (χ0) is 22.6. The predicted molar refractivity (Wildman–Crippen MR) is 124 cm³/mol. The van der Waals surface area contributed by atoms with Gasteiger partial charge in [-0.3, -0.25) is 4.79 Å². The van der Waals surface area contributed by atoms with Crippen molar-refractivity contribution in [3.8, 4) is 0 Å². The van der Waals surface area contributed by atoms with Crippen LogP contribution < -0.4 is 5.32 Å². The molecule has 33 heavy (non-hydrogen) atoms. The molecule has 1 aromatic heterocycles. The number of aromatic nitrogens is 1. The molecule has 0 bridgehead atoms. The molecular formula is C26H36FN3O3. The van der Waals surface area contributed by atoms with Crippen LogP contribution in [0.2, 0.25) is 0 Å². The SMILES string of the molecule is O=C(NC1CCC(CCN2CCC(c3noc4cc(F)ccc34)CC2)CC1)C1CCOCC1. The number of carbonyl (C=O) groups is 1. The first-order chi connectivity index (χ1) is 16.2. The van der Waals surface area contributed by atoms with E-state index in [1.54, 1.807) is 6.07 Å². The maximum Gasteiger partial charge on any atom is 0.223 e. The molecule has 0 spiro atoms. The third-order valence-electron chi connectivity index (χ3n) is 8.08. The number of carbonyl (C=O) groups excluding carboxylic acids is 1. The van der Waals surface area contributed by atoms with Gasteiger partial charge in [-0.25, -0.2) is 4.39 Å². The van der Waals surface area contributed by atoms with E-state index in [1.807, 2.05) is 0 Å². The third-order valence-corrected chi connectivity index (χ3v) is 8.08. The van der Waals surface area contributed by atoms with Crippen LogP contribution in [-0.4, -0.2) is 54.9 Å². The van der Waals surface area contributed by atoms with Gasteiger partial charge in [0.1, 0.15) is 5.82 Å². The Bertz CT molecular complexity index is 926. The van der Waals surface area contributed by atoms with E-state index in [0.29, 0.717) is 17.5 Å². The Morgan fingerprint density at radius 1 is 1.06 bits per heavy atom. The number of amides is 1. The summed E-state index contributed by atoms with van der Waals surface area (Å²) in [6.45, 7) is 4.75. The van der Waals surface area contributed by atoms with Crippen molar-refractivity contribution in [2.75, 3.05) is 32.8 Å². The van der Waals surface area contributed by atoms with Crippen molar-refractivity contribution >= 4 is 16.9 Å².